The maximum Gasteiger partial charge on any atom is 0.264 e. The zero-order valence-electron chi connectivity index (χ0n) is 23.9. The van der Waals surface area contributed by atoms with Crippen LogP contribution in [0.1, 0.15) is 31.4 Å². The number of hydrogen-bond donors (Lipinski definition) is 1. The predicted molar refractivity (Wildman–Crippen MR) is 160 cm³/mol. The minimum atomic E-state index is -4.26. The Kier molecular flexibility index (Phi) is 11.0. The van der Waals surface area contributed by atoms with E-state index in [9.17, 15) is 18.0 Å². The molecule has 3 rings (SSSR count). The third-order valence-electron chi connectivity index (χ3n) is 6.53. The first-order valence-electron chi connectivity index (χ1n) is 13.1. The lowest BCUT2D eigenvalue weighted by Crippen LogP contribution is -2.51. The first-order valence-corrected chi connectivity index (χ1v) is 15.0. The number of sulfonamides is 1. The predicted octanol–water partition coefficient (Wildman–Crippen LogP) is 4.80. The fourth-order valence-electron chi connectivity index (χ4n) is 4.11. The molecule has 3 aromatic carbocycles. The van der Waals surface area contributed by atoms with Crippen molar-refractivity contribution >= 4 is 39.1 Å². The van der Waals surface area contributed by atoms with Crippen LogP contribution in [0.2, 0.25) is 5.02 Å². The zero-order chi connectivity index (χ0) is 30.2. The number of methoxy groups -OCH3 is 2. The molecule has 0 radical (unpaired) electrons. The normalized spacial score (nSPS) is 11.9. The molecule has 1 atom stereocenters. The van der Waals surface area contributed by atoms with E-state index in [4.69, 9.17) is 21.1 Å². The SMILES string of the molecule is CCCNC(=O)[C@H](C)N(Cc1ccc(Cl)cc1)C(=O)CN(c1cc(OC)ccc1OC)S(=O)(=O)c1ccc(C)cc1. The molecule has 0 aliphatic heterocycles. The van der Waals surface area contributed by atoms with E-state index in [1.807, 2.05) is 13.8 Å². The van der Waals surface area contributed by atoms with Crippen molar-refractivity contribution in [1.29, 1.82) is 0 Å². The van der Waals surface area contributed by atoms with Crippen LogP contribution in [0.25, 0.3) is 0 Å². The van der Waals surface area contributed by atoms with Crippen molar-refractivity contribution in [2.24, 2.45) is 0 Å². The molecule has 0 aliphatic rings. The highest BCUT2D eigenvalue weighted by Crippen LogP contribution is 2.36. The Hall–Kier alpha value is -3.76. The largest absolute Gasteiger partial charge is 0.497 e. The Balaban J connectivity index is 2.10. The standard InChI is InChI=1S/C30H36ClN3O6S/c1-6-17-32-30(36)22(3)33(19-23-9-11-24(31)12-10-23)29(35)20-34(27-18-25(39-4)13-16-28(27)40-5)41(37,38)26-14-7-21(2)8-15-26/h7-16,18,22H,6,17,19-20H2,1-5H3,(H,32,36)/t22-/m0/s1. The minimum Gasteiger partial charge on any atom is -0.497 e. The molecule has 0 aliphatic carbocycles. The van der Waals surface area contributed by atoms with Crippen LogP contribution in [-0.2, 0) is 26.2 Å². The van der Waals surface area contributed by atoms with Gasteiger partial charge in [-0.25, -0.2) is 8.42 Å². The quantitative estimate of drug-likeness (QED) is 0.302. The summed E-state index contributed by atoms with van der Waals surface area (Å²) >= 11 is 6.05. The van der Waals surface area contributed by atoms with Crippen LogP contribution in [0, 0.1) is 6.92 Å². The van der Waals surface area contributed by atoms with Gasteiger partial charge >= 0.3 is 0 Å². The summed E-state index contributed by atoms with van der Waals surface area (Å²) < 4.78 is 40.0. The number of halogens is 1. The molecule has 41 heavy (non-hydrogen) atoms. The molecule has 0 bridgehead atoms. The van der Waals surface area contributed by atoms with E-state index >= 15 is 0 Å². The van der Waals surface area contributed by atoms with Gasteiger partial charge in [-0.2, -0.15) is 0 Å². The molecule has 0 unspecified atom stereocenters. The summed E-state index contributed by atoms with van der Waals surface area (Å²) in [6.07, 6.45) is 0.724. The zero-order valence-corrected chi connectivity index (χ0v) is 25.5. The summed E-state index contributed by atoms with van der Waals surface area (Å²) in [6.45, 7) is 5.30. The highest BCUT2D eigenvalue weighted by atomic mass is 35.5. The van der Waals surface area contributed by atoms with Gasteiger partial charge in [-0.1, -0.05) is 48.4 Å². The van der Waals surface area contributed by atoms with Gasteiger partial charge in [0.1, 0.15) is 24.1 Å². The number of rotatable bonds is 13. The lowest BCUT2D eigenvalue weighted by atomic mass is 10.1. The Morgan fingerprint density at radius 1 is 0.976 bits per heavy atom. The van der Waals surface area contributed by atoms with Gasteiger partial charge in [0.25, 0.3) is 10.0 Å². The van der Waals surface area contributed by atoms with Gasteiger partial charge in [-0.15, -0.1) is 0 Å². The second kappa shape index (κ2) is 14.2. The molecule has 1 N–H and O–H groups in total. The summed E-state index contributed by atoms with van der Waals surface area (Å²) in [5, 5.41) is 3.35. The second-order valence-corrected chi connectivity index (χ2v) is 11.8. The molecular formula is C30H36ClN3O6S. The number of amides is 2. The second-order valence-electron chi connectivity index (χ2n) is 9.48. The van der Waals surface area contributed by atoms with Crippen molar-refractivity contribution in [3.05, 3.63) is 82.9 Å². The monoisotopic (exact) mass is 601 g/mol. The Labute approximate surface area is 247 Å². The number of anilines is 1. The van der Waals surface area contributed by atoms with E-state index in [-0.39, 0.29) is 28.8 Å². The van der Waals surface area contributed by atoms with Gasteiger partial charge in [-0.05, 0) is 62.2 Å². The third kappa shape index (κ3) is 7.92. The molecule has 9 nitrogen and oxygen atoms in total. The molecule has 0 aromatic heterocycles. The number of carbonyl (C=O) groups excluding carboxylic acids is 2. The third-order valence-corrected chi connectivity index (χ3v) is 8.55. The van der Waals surface area contributed by atoms with Crippen molar-refractivity contribution < 1.29 is 27.5 Å². The minimum absolute atomic E-state index is 0.00115. The van der Waals surface area contributed by atoms with E-state index in [0.717, 1.165) is 21.9 Å². The molecule has 11 heteroatoms. The van der Waals surface area contributed by atoms with E-state index < -0.39 is 28.5 Å². The van der Waals surface area contributed by atoms with Crippen molar-refractivity contribution in [2.45, 2.75) is 44.7 Å². The maximum absolute atomic E-state index is 14.1. The summed E-state index contributed by atoms with van der Waals surface area (Å²) in [5.74, 6) is -0.323. The summed E-state index contributed by atoms with van der Waals surface area (Å²) in [7, 11) is -1.39. The molecule has 0 saturated heterocycles. The van der Waals surface area contributed by atoms with Gasteiger partial charge in [0, 0.05) is 24.2 Å². The molecule has 0 fully saturated rings. The number of hydrogen-bond acceptors (Lipinski definition) is 6. The molecule has 2 amide bonds. The highest BCUT2D eigenvalue weighted by molar-refractivity contribution is 7.92. The smallest absolute Gasteiger partial charge is 0.264 e. The van der Waals surface area contributed by atoms with Crippen LogP contribution in [0.5, 0.6) is 11.5 Å². The molecular weight excluding hydrogens is 566 g/mol. The number of carbonyl (C=O) groups is 2. The molecule has 0 heterocycles. The van der Waals surface area contributed by atoms with Crippen LogP contribution in [0.4, 0.5) is 5.69 Å². The van der Waals surface area contributed by atoms with Crippen molar-refractivity contribution in [2.75, 3.05) is 31.6 Å². The van der Waals surface area contributed by atoms with Gasteiger partial charge in [0.2, 0.25) is 11.8 Å². The Bertz CT molecular complexity index is 1450. The van der Waals surface area contributed by atoms with Crippen LogP contribution in [0.3, 0.4) is 0 Å². The van der Waals surface area contributed by atoms with Crippen LogP contribution < -0.4 is 19.1 Å². The average Bonchev–Trinajstić information content (AvgIpc) is 2.97. The van der Waals surface area contributed by atoms with Gasteiger partial charge in [0.15, 0.2) is 0 Å². The van der Waals surface area contributed by atoms with Crippen LogP contribution in [-0.4, -0.2) is 58.5 Å². The topological polar surface area (TPSA) is 105 Å². The number of aryl methyl sites for hydroxylation is 1. The molecule has 0 saturated carbocycles. The van der Waals surface area contributed by atoms with E-state index in [1.54, 1.807) is 55.5 Å². The number of benzene rings is 3. The van der Waals surface area contributed by atoms with E-state index in [2.05, 4.69) is 5.32 Å². The summed E-state index contributed by atoms with van der Waals surface area (Å²) in [6, 6.07) is 17.0. The van der Waals surface area contributed by atoms with Crippen molar-refractivity contribution in [1.82, 2.24) is 10.2 Å². The van der Waals surface area contributed by atoms with E-state index in [0.29, 0.717) is 17.3 Å². The van der Waals surface area contributed by atoms with Gasteiger partial charge in [0.05, 0.1) is 24.8 Å². The number of nitrogens with one attached hydrogen (secondary N) is 1. The lowest BCUT2D eigenvalue weighted by Gasteiger charge is -2.32. The van der Waals surface area contributed by atoms with E-state index in [1.165, 1.54) is 37.3 Å². The van der Waals surface area contributed by atoms with Gasteiger partial charge in [-0.3, -0.25) is 13.9 Å². The summed E-state index contributed by atoms with van der Waals surface area (Å²) in [4.78, 5) is 28.4. The van der Waals surface area contributed by atoms with Gasteiger partial charge < -0.3 is 19.7 Å². The lowest BCUT2D eigenvalue weighted by molar-refractivity contribution is -0.139. The molecule has 220 valence electrons. The highest BCUT2D eigenvalue weighted by Gasteiger charge is 2.34. The van der Waals surface area contributed by atoms with Crippen molar-refractivity contribution in [3.8, 4) is 11.5 Å². The van der Waals surface area contributed by atoms with Crippen molar-refractivity contribution in [3.63, 3.8) is 0 Å². The summed E-state index contributed by atoms with van der Waals surface area (Å²) in [5.41, 5.74) is 1.73. The maximum atomic E-state index is 14.1. The average molecular weight is 602 g/mol. The first kappa shape index (κ1) is 31.8. The number of ether oxygens (including phenoxy) is 2. The fraction of sp³-hybridized carbons (Fsp3) is 0.333. The van der Waals surface area contributed by atoms with Crippen LogP contribution >= 0.6 is 11.6 Å². The Morgan fingerprint density at radius 2 is 1.63 bits per heavy atom. The first-order chi connectivity index (χ1) is 19.5. The van der Waals surface area contributed by atoms with Crippen LogP contribution in [0.15, 0.2) is 71.6 Å². The molecule has 3 aromatic rings. The number of nitrogens with zero attached hydrogens (tertiary/aromatic N) is 2. The fourth-order valence-corrected chi connectivity index (χ4v) is 5.65. The molecule has 0 spiro atoms. The Morgan fingerprint density at radius 3 is 2.22 bits per heavy atom.